The Balaban J connectivity index is 1.04. The summed E-state index contributed by atoms with van der Waals surface area (Å²) in [5.74, 6) is 0.216. The molecule has 0 saturated heterocycles. The van der Waals surface area contributed by atoms with Crippen LogP contribution >= 0.6 is 0 Å². The van der Waals surface area contributed by atoms with Crippen LogP contribution in [-0.2, 0) is 12.8 Å². The summed E-state index contributed by atoms with van der Waals surface area (Å²) >= 11 is 0. The number of pyridine rings is 1. The molecule has 0 bridgehead atoms. The van der Waals surface area contributed by atoms with Gasteiger partial charge < -0.3 is 4.42 Å². The molecule has 1 atom stereocenters. The summed E-state index contributed by atoms with van der Waals surface area (Å²) in [7, 11) is 0. The maximum absolute atomic E-state index is 6.75. The molecule has 2 aromatic heterocycles. The minimum absolute atomic E-state index is 0.216. The fourth-order valence-corrected chi connectivity index (χ4v) is 8.31. The van der Waals surface area contributed by atoms with E-state index in [0.29, 0.717) is 0 Å². The smallest absolute Gasteiger partial charge is 0.139 e. The molecule has 10 aromatic rings. The molecule has 0 saturated carbocycles. The highest BCUT2D eigenvalue weighted by Crippen LogP contribution is 2.42. The molecule has 2 nitrogen and oxygen atoms in total. The van der Waals surface area contributed by atoms with Crippen molar-refractivity contribution >= 4 is 54.3 Å². The number of furan rings is 1. The zero-order valence-electron chi connectivity index (χ0n) is 29.4. The third-order valence-corrected chi connectivity index (χ3v) is 11.0. The molecule has 0 aliphatic carbocycles. The predicted molar refractivity (Wildman–Crippen MR) is 223 cm³/mol. The molecular formula is C51H37NO. The summed E-state index contributed by atoms with van der Waals surface area (Å²) < 4.78 is 6.75. The van der Waals surface area contributed by atoms with Gasteiger partial charge in [-0.15, -0.1) is 0 Å². The molecule has 2 heteroatoms. The van der Waals surface area contributed by atoms with Gasteiger partial charge in [0.15, 0.2) is 0 Å². The van der Waals surface area contributed by atoms with Crippen molar-refractivity contribution in [1.82, 2.24) is 4.98 Å². The Morgan fingerprint density at radius 1 is 0.453 bits per heavy atom. The Hall–Kier alpha value is -6.51. The van der Waals surface area contributed by atoms with Gasteiger partial charge in [-0.2, -0.15) is 0 Å². The summed E-state index contributed by atoms with van der Waals surface area (Å²) in [4.78, 5) is 4.47. The summed E-state index contributed by atoms with van der Waals surface area (Å²) in [6.45, 7) is 0. The monoisotopic (exact) mass is 679 g/mol. The Kier molecular flexibility index (Phi) is 7.80. The topological polar surface area (TPSA) is 26.0 Å². The summed E-state index contributed by atoms with van der Waals surface area (Å²) in [5, 5.41) is 9.76. The van der Waals surface area contributed by atoms with Gasteiger partial charge in [0.2, 0.25) is 0 Å². The molecule has 1 unspecified atom stereocenters. The van der Waals surface area contributed by atoms with Gasteiger partial charge >= 0.3 is 0 Å². The second-order valence-electron chi connectivity index (χ2n) is 14.3. The predicted octanol–water partition coefficient (Wildman–Crippen LogP) is 13.7. The van der Waals surface area contributed by atoms with Crippen molar-refractivity contribution in [2.45, 2.75) is 25.2 Å². The van der Waals surface area contributed by atoms with E-state index in [1.165, 1.54) is 71.3 Å². The van der Waals surface area contributed by atoms with E-state index in [4.69, 9.17) is 4.42 Å². The standard InChI is InChI=1S/C51H37NO/c1-3-11-40-30-42(24-22-36(40)9-1)38-19-16-35(17-20-38)29-45(21-18-34-8-7-14-39(28-34)43-25-23-37-10-2-4-12-41(37)31-43)50-46-15-6-5-13-44(46)32-47-48-33-52-27-26-49(48)53-51(47)50/h1-17,19-20,22-28,30-33,45H,18,21,29H2. The van der Waals surface area contributed by atoms with E-state index in [1.807, 2.05) is 18.5 Å². The van der Waals surface area contributed by atoms with Gasteiger partial charge in [0, 0.05) is 28.7 Å². The zero-order valence-corrected chi connectivity index (χ0v) is 29.4. The van der Waals surface area contributed by atoms with Crippen LogP contribution in [0.2, 0.25) is 0 Å². The van der Waals surface area contributed by atoms with Crippen LogP contribution < -0.4 is 0 Å². The molecular weight excluding hydrogens is 643 g/mol. The minimum atomic E-state index is 0.216. The first kappa shape index (κ1) is 31.2. The van der Waals surface area contributed by atoms with Crippen LogP contribution in [0.25, 0.3) is 76.5 Å². The lowest BCUT2D eigenvalue weighted by Gasteiger charge is -2.21. The molecule has 8 aromatic carbocycles. The molecule has 0 N–H and O–H groups in total. The Bertz CT molecular complexity index is 2930. The van der Waals surface area contributed by atoms with Gasteiger partial charge in [0.1, 0.15) is 11.2 Å². The molecule has 252 valence electrons. The minimum Gasteiger partial charge on any atom is -0.456 e. The molecule has 0 fully saturated rings. The third kappa shape index (κ3) is 5.93. The molecule has 10 rings (SSSR count). The summed E-state index contributed by atoms with van der Waals surface area (Å²) in [5.41, 5.74) is 10.8. The molecule has 53 heavy (non-hydrogen) atoms. The van der Waals surface area contributed by atoms with Gasteiger partial charge in [-0.25, -0.2) is 0 Å². The lowest BCUT2D eigenvalue weighted by molar-refractivity contribution is 0.605. The van der Waals surface area contributed by atoms with Crippen molar-refractivity contribution in [2.24, 2.45) is 0 Å². The maximum Gasteiger partial charge on any atom is 0.139 e. The lowest BCUT2D eigenvalue weighted by atomic mass is 9.83. The molecule has 0 spiro atoms. The van der Waals surface area contributed by atoms with Crippen molar-refractivity contribution in [3.05, 3.63) is 199 Å². The number of rotatable bonds is 8. The Labute approximate surface area is 309 Å². The van der Waals surface area contributed by atoms with E-state index in [0.717, 1.165) is 41.2 Å². The number of fused-ring (bicyclic) bond motifs is 6. The van der Waals surface area contributed by atoms with Gasteiger partial charge in [-0.3, -0.25) is 4.98 Å². The number of aryl methyl sites for hydroxylation is 1. The first-order valence-corrected chi connectivity index (χ1v) is 18.6. The van der Waals surface area contributed by atoms with Crippen LogP contribution in [0.4, 0.5) is 0 Å². The zero-order chi connectivity index (χ0) is 35.1. The quantitative estimate of drug-likeness (QED) is 0.160. The Morgan fingerprint density at radius 3 is 1.85 bits per heavy atom. The van der Waals surface area contributed by atoms with Crippen molar-refractivity contribution in [1.29, 1.82) is 0 Å². The van der Waals surface area contributed by atoms with E-state index >= 15 is 0 Å². The molecule has 0 amide bonds. The number of hydrogen-bond donors (Lipinski definition) is 0. The first-order chi connectivity index (χ1) is 26.2. The second kappa shape index (κ2) is 13.2. The van der Waals surface area contributed by atoms with Crippen molar-refractivity contribution in [3.63, 3.8) is 0 Å². The highest BCUT2D eigenvalue weighted by atomic mass is 16.3. The van der Waals surface area contributed by atoms with Crippen LogP contribution in [0.15, 0.2) is 187 Å². The highest BCUT2D eigenvalue weighted by Gasteiger charge is 2.23. The molecule has 0 aliphatic rings. The fraction of sp³-hybridized carbons (Fsp3) is 0.0784. The van der Waals surface area contributed by atoms with E-state index in [2.05, 4.69) is 169 Å². The van der Waals surface area contributed by atoms with Crippen LogP contribution in [0, 0.1) is 0 Å². The van der Waals surface area contributed by atoms with Crippen LogP contribution in [0.5, 0.6) is 0 Å². The van der Waals surface area contributed by atoms with Gasteiger partial charge in [0.25, 0.3) is 0 Å². The molecule has 0 aliphatic heterocycles. The van der Waals surface area contributed by atoms with E-state index in [9.17, 15) is 0 Å². The van der Waals surface area contributed by atoms with Gasteiger partial charge in [0.05, 0.1) is 0 Å². The fourth-order valence-electron chi connectivity index (χ4n) is 8.31. The van der Waals surface area contributed by atoms with Crippen LogP contribution in [0.1, 0.15) is 29.0 Å². The Morgan fingerprint density at radius 2 is 1.09 bits per heavy atom. The SMILES string of the molecule is c1cc(CCC(Cc2ccc(-c3ccc4ccccc4c3)cc2)c2c3ccccc3cc3c2oc2ccncc23)cc(-c2ccc3ccccc3c2)c1. The number of nitrogens with zero attached hydrogens (tertiary/aromatic N) is 1. The first-order valence-electron chi connectivity index (χ1n) is 18.6. The number of hydrogen-bond acceptors (Lipinski definition) is 2. The van der Waals surface area contributed by atoms with Gasteiger partial charge in [-0.1, -0.05) is 146 Å². The van der Waals surface area contributed by atoms with E-state index < -0.39 is 0 Å². The maximum atomic E-state index is 6.75. The molecule has 0 radical (unpaired) electrons. The van der Waals surface area contributed by atoms with Crippen LogP contribution in [0.3, 0.4) is 0 Å². The highest BCUT2D eigenvalue weighted by molar-refractivity contribution is 6.12. The lowest BCUT2D eigenvalue weighted by Crippen LogP contribution is -2.07. The number of benzene rings is 8. The van der Waals surface area contributed by atoms with Crippen molar-refractivity contribution < 1.29 is 4.42 Å². The average Bonchev–Trinajstić information content (AvgIpc) is 3.59. The second-order valence-corrected chi connectivity index (χ2v) is 14.3. The molecule has 2 heterocycles. The van der Waals surface area contributed by atoms with E-state index in [-0.39, 0.29) is 5.92 Å². The summed E-state index contributed by atoms with van der Waals surface area (Å²) in [6, 6.07) is 62.1. The third-order valence-electron chi connectivity index (χ3n) is 11.0. The normalized spacial score (nSPS) is 12.3. The average molecular weight is 680 g/mol. The van der Waals surface area contributed by atoms with Crippen LogP contribution in [-0.4, -0.2) is 4.98 Å². The largest absolute Gasteiger partial charge is 0.456 e. The van der Waals surface area contributed by atoms with Crippen molar-refractivity contribution in [2.75, 3.05) is 0 Å². The summed E-state index contributed by atoms with van der Waals surface area (Å²) in [6.07, 6.45) is 6.60. The van der Waals surface area contributed by atoms with Gasteiger partial charge in [-0.05, 0) is 115 Å². The number of aromatic nitrogens is 1. The van der Waals surface area contributed by atoms with Crippen molar-refractivity contribution in [3.8, 4) is 22.3 Å². The van der Waals surface area contributed by atoms with E-state index in [1.54, 1.807) is 0 Å².